The van der Waals surface area contributed by atoms with Crippen molar-refractivity contribution in [3.8, 4) is 0 Å². The number of alkyl halides is 1. The molecular weight excluding hydrogens is 352 g/mol. The average Bonchev–Trinajstić information content (AvgIpc) is 2.55. The number of carbonyl (C=O) groups excluding carboxylic acids is 1. The van der Waals surface area contributed by atoms with Gasteiger partial charge in [-0.1, -0.05) is 0 Å². The lowest BCUT2D eigenvalue weighted by molar-refractivity contribution is 0.0463. The summed E-state index contributed by atoms with van der Waals surface area (Å²) in [6, 6.07) is 5.85. The predicted molar refractivity (Wildman–Crippen MR) is 101 cm³/mol. The number of rotatable bonds is 2. The molecule has 2 aromatic rings. The number of halogens is 2. The number of fused-ring (bicyclic) bond motifs is 1. The SMILES string of the molecule is Cc1ccc2c(F)ccc(N3CC[C@H](NC(=O)OC(C)(C)C)[C@H](F)C3)c2n1. The van der Waals surface area contributed by atoms with Crippen LogP contribution < -0.4 is 10.2 Å². The molecular formula is C20H25F2N3O2. The fraction of sp³-hybridized carbons (Fsp3) is 0.500. The number of pyridine rings is 1. The van der Waals surface area contributed by atoms with Crippen molar-refractivity contribution in [2.24, 2.45) is 0 Å². The smallest absolute Gasteiger partial charge is 0.407 e. The largest absolute Gasteiger partial charge is 0.444 e. The van der Waals surface area contributed by atoms with Gasteiger partial charge < -0.3 is 15.0 Å². The van der Waals surface area contributed by atoms with Crippen LogP contribution in [0.3, 0.4) is 0 Å². The van der Waals surface area contributed by atoms with Gasteiger partial charge in [0.05, 0.1) is 23.8 Å². The van der Waals surface area contributed by atoms with Gasteiger partial charge in [-0.05, 0) is 58.4 Å². The molecule has 1 aliphatic heterocycles. The molecule has 1 fully saturated rings. The monoisotopic (exact) mass is 377 g/mol. The van der Waals surface area contributed by atoms with Crippen LogP contribution >= 0.6 is 0 Å². The molecule has 5 nitrogen and oxygen atoms in total. The summed E-state index contributed by atoms with van der Waals surface area (Å²) in [4.78, 5) is 18.2. The Hall–Kier alpha value is -2.44. The van der Waals surface area contributed by atoms with Crippen molar-refractivity contribution in [2.75, 3.05) is 18.0 Å². The Morgan fingerprint density at radius 3 is 2.70 bits per heavy atom. The molecule has 0 radical (unpaired) electrons. The Balaban J connectivity index is 1.75. The Morgan fingerprint density at radius 1 is 1.30 bits per heavy atom. The number of hydrogen-bond acceptors (Lipinski definition) is 4. The molecule has 0 bridgehead atoms. The van der Waals surface area contributed by atoms with E-state index in [0.29, 0.717) is 29.6 Å². The van der Waals surface area contributed by atoms with Crippen LogP contribution in [0.15, 0.2) is 24.3 Å². The van der Waals surface area contributed by atoms with Crippen molar-refractivity contribution < 1.29 is 18.3 Å². The van der Waals surface area contributed by atoms with E-state index in [1.54, 1.807) is 39.0 Å². The third kappa shape index (κ3) is 4.46. The van der Waals surface area contributed by atoms with Gasteiger partial charge in [0.25, 0.3) is 0 Å². The molecule has 1 aromatic heterocycles. The zero-order valence-electron chi connectivity index (χ0n) is 16.1. The standard InChI is InChI=1S/C20H25F2N3O2/c1-12-5-6-13-14(21)7-8-17(18(13)23-12)25-10-9-16(15(22)11-25)24-19(26)27-20(2,3)4/h5-8,15-16H,9-11H2,1-4H3,(H,24,26)/t15-,16+/m1/s1. The summed E-state index contributed by atoms with van der Waals surface area (Å²) in [7, 11) is 0. The number of alkyl carbamates (subject to hydrolysis) is 1. The minimum atomic E-state index is -1.27. The summed E-state index contributed by atoms with van der Waals surface area (Å²) in [6.07, 6.45) is -1.46. The van der Waals surface area contributed by atoms with Crippen molar-refractivity contribution in [3.63, 3.8) is 0 Å². The number of piperidine rings is 1. The molecule has 0 saturated carbocycles. The van der Waals surface area contributed by atoms with E-state index in [0.717, 1.165) is 5.69 Å². The van der Waals surface area contributed by atoms with E-state index in [4.69, 9.17) is 4.74 Å². The van der Waals surface area contributed by atoms with Crippen LogP contribution in [0, 0.1) is 12.7 Å². The van der Waals surface area contributed by atoms with E-state index in [-0.39, 0.29) is 12.4 Å². The Morgan fingerprint density at radius 2 is 2.04 bits per heavy atom. The molecule has 1 N–H and O–H groups in total. The summed E-state index contributed by atoms with van der Waals surface area (Å²) < 4.78 is 34.0. The number of benzene rings is 1. The summed E-state index contributed by atoms with van der Waals surface area (Å²) in [5, 5.41) is 3.03. The van der Waals surface area contributed by atoms with Crippen LogP contribution in [-0.4, -0.2) is 42.0 Å². The normalized spacial score (nSPS) is 20.6. The Bertz CT molecular complexity index is 851. The van der Waals surface area contributed by atoms with Crippen LogP contribution in [-0.2, 0) is 4.74 Å². The summed E-state index contributed by atoms with van der Waals surface area (Å²) in [5.41, 5.74) is 1.37. The lowest BCUT2D eigenvalue weighted by Crippen LogP contribution is -2.53. The van der Waals surface area contributed by atoms with Gasteiger partial charge >= 0.3 is 6.09 Å². The highest BCUT2D eigenvalue weighted by Gasteiger charge is 2.32. The number of anilines is 1. The van der Waals surface area contributed by atoms with Gasteiger partial charge in [0, 0.05) is 17.6 Å². The van der Waals surface area contributed by atoms with Gasteiger partial charge in [0.1, 0.15) is 17.6 Å². The highest BCUT2D eigenvalue weighted by Crippen LogP contribution is 2.30. The topological polar surface area (TPSA) is 54.5 Å². The number of ether oxygens (including phenoxy) is 1. The Labute approximate surface area is 157 Å². The highest BCUT2D eigenvalue weighted by molar-refractivity contribution is 5.91. The summed E-state index contributed by atoms with van der Waals surface area (Å²) >= 11 is 0. The van der Waals surface area contributed by atoms with E-state index in [2.05, 4.69) is 10.3 Å². The van der Waals surface area contributed by atoms with Gasteiger partial charge in [0.2, 0.25) is 0 Å². The van der Waals surface area contributed by atoms with Crippen LogP contribution in [0.25, 0.3) is 10.9 Å². The number of hydrogen-bond donors (Lipinski definition) is 1. The molecule has 7 heteroatoms. The second-order valence-electron chi connectivity index (χ2n) is 7.92. The lowest BCUT2D eigenvalue weighted by atomic mass is 10.0. The molecule has 1 aliphatic rings. The minimum Gasteiger partial charge on any atom is -0.444 e. The van der Waals surface area contributed by atoms with E-state index >= 15 is 0 Å². The van der Waals surface area contributed by atoms with E-state index in [9.17, 15) is 13.6 Å². The first-order valence-electron chi connectivity index (χ1n) is 9.08. The fourth-order valence-corrected chi connectivity index (χ4v) is 3.27. The van der Waals surface area contributed by atoms with Gasteiger partial charge in [-0.2, -0.15) is 0 Å². The van der Waals surface area contributed by atoms with Crippen LogP contribution in [0.2, 0.25) is 0 Å². The molecule has 146 valence electrons. The van der Waals surface area contributed by atoms with Gasteiger partial charge in [-0.25, -0.2) is 13.6 Å². The maximum absolute atomic E-state index is 14.7. The van der Waals surface area contributed by atoms with Crippen molar-refractivity contribution in [3.05, 3.63) is 35.8 Å². The molecule has 1 saturated heterocycles. The number of carbonyl (C=O) groups is 1. The first kappa shape index (κ1) is 19.3. The molecule has 3 rings (SSSR count). The third-order valence-corrected chi connectivity index (χ3v) is 4.51. The van der Waals surface area contributed by atoms with Crippen LogP contribution in [0.1, 0.15) is 32.9 Å². The predicted octanol–water partition coefficient (Wildman–Crippen LogP) is 4.12. The van der Waals surface area contributed by atoms with Crippen molar-refractivity contribution in [1.82, 2.24) is 10.3 Å². The van der Waals surface area contributed by atoms with Crippen molar-refractivity contribution in [1.29, 1.82) is 0 Å². The molecule has 27 heavy (non-hydrogen) atoms. The zero-order chi connectivity index (χ0) is 19.8. The number of aromatic nitrogens is 1. The van der Waals surface area contributed by atoms with E-state index < -0.39 is 23.9 Å². The lowest BCUT2D eigenvalue weighted by Gasteiger charge is -2.37. The number of aryl methyl sites for hydroxylation is 1. The van der Waals surface area contributed by atoms with Gasteiger partial charge in [-0.3, -0.25) is 4.98 Å². The number of amides is 1. The molecule has 0 unspecified atom stereocenters. The van der Waals surface area contributed by atoms with Gasteiger partial charge in [-0.15, -0.1) is 0 Å². The van der Waals surface area contributed by atoms with Crippen molar-refractivity contribution >= 4 is 22.7 Å². The second kappa shape index (κ2) is 7.29. The summed E-state index contributed by atoms with van der Waals surface area (Å²) in [5.74, 6) is -0.348. The quantitative estimate of drug-likeness (QED) is 0.855. The molecule has 0 spiro atoms. The van der Waals surface area contributed by atoms with E-state index in [1.807, 2.05) is 11.8 Å². The zero-order valence-corrected chi connectivity index (χ0v) is 16.1. The fourth-order valence-electron chi connectivity index (χ4n) is 3.27. The molecule has 1 aromatic carbocycles. The average molecular weight is 377 g/mol. The molecule has 0 aliphatic carbocycles. The van der Waals surface area contributed by atoms with Crippen LogP contribution in [0.4, 0.5) is 19.3 Å². The molecule has 2 atom stereocenters. The minimum absolute atomic E-state index is 0.0941. The third-order valence-electron chi connectivity index (χ3n) is 4.51. The van der Waals surface area contributed by atoms with Crippen molar-refractivity contribution in [2.45, 2.75) is 51.9 Å². The van der Waals surface area contributed by atoms with E-state index in [1.165, 1.54) is 6.07 Å². The first-order chi connectivity index (χ1) is 12.6. The highest BCUT2D eigenvalue weighted by atomic mass is 19.1. The second-order valence-corrected chi connectivity index (χ2v) is 7.92. The molecule has 2 heterocycles. The Kier molecular flexibility index (Phi) is 5.22. The summed E-state index contributed by atoms with van der Waals surface area (Å²) in [6.45, 7) is 7.74. The first-order valence-corrected chi connectivity index (χ1v) is 9.08. The molecule has 1 amide bonds. The van der Waals surface area contributed by atoms with Crippen LogP contribution in [0.5, 0.6) is 0 Å². The maximum atomic E-state index is 14.7. The maximum Gasteiger partial charge on any atom is 0.407 e. The number of nitrogens with zero attached hydrogens (tertiary/aromatic N) is 2. The number of nitrogens with one attached hydrogen (secondary N) is 1. The van der Waals surface area contributed by atoms with Gasteiger partial charge in [0.15, 0.2) is 0 Å².